The summed E-state index contributed by atoms with van der Waals surface area (Å²) >= 11 is 1.47. The minimum Gasteiger partial charge on any atom is -0.337 e. The molecule has 1 saturated heterocycles. The molecule has 0 spiro atoms. The first kappa shape index (κ1) is 16.0. The molecule has 0 N–H and O–H groups in total. The van der Waals surface area contributed by atoms with Crippen molar-refractivity contribution < 1.29 is 4.79 Å². The van der Waals surface area contributed by atoms with E-state index in [0.29, 0.717) is 11.7 Å². The SMILES string of the molecule is Cc1nnsc1CN(C)C1CCN(C(=O)c2ccccn2)CC1. The molecule has 1 amide bonds. The molecule has 1 aliphatic heterocycles. The first-order chi connectivity index (χ1) is 11.1. The van der Waals surface area contributed by atoms with Gasteiger partial charge in [0.15, 0.2) is 0 Å². The summed E-state index contributed by atoms with van der Waals surface area (Å²) < 4.78 is 3.99. The molecular formula is C16H21N5OS. The molecule has 0 bridgehead atoms. The first-order valence-corrected chi connectivity index (χ1v) is 8.61. The van der Waals surface area contributed by atoms with Crippen LogP contribution in [0.4, 0.5) is 0 Å². The fourth-order valence-corrected chi connectivity index (χ4v) is 3.61. The number of aromatic nitrogens is 3. The Bertz CT molecular complexity index is 652. The van der Waals surface area contributed by atoms with Crippen LogP contribution in [-0.2, 0) is 6.54 Å². The third-order valence-corrected chi connectivity index (χ3v) is 5.21. The van der Waals surface area contributed by atoms with Crippen molar-refractivity contribution in [1.82, 2.24) is 24.4 Å². The van der Waals surface area contributed by atoms with Crippen molar-refractivity contribution in [2.24, 2.45) is 0 Å². The maximum Gasteiger partial charge on any atom is 0.272 e. The van der Waals surface area contributed by atoms with Gasteiger partial charge in [0.25, 0.3) is 5.91 Å². The molecule has 2 aromatic rings. The molecule has 0 aromatic carbocycles. The predicted octanol–water partition coefficient (Wildman–Crippen LogP) is 1.98. The van der Waals surface area contributed by atoms with Gasteiger partial charge >= 0.3 is 0 Å². The van der Waals surface area contributed by atoms with E-state index < -0.39 is 0 Å². The maximum atomic E-state index is 12.4. The number of hydrogen-bond acceptors (Lipinski definition) is 6. The highest BCUT2D eigenvalue weighted by Crippen LogP contribution is 2.20. The summed E-state index contributed by atoms with van der Waals surface area (Å²) in [5.74, 6) is 0.0363. The van der Waals surface area contributed by atoms with Crippen molar-refractivity contribution in [3.05, 3.63) is 40.7 Å². The fraction of sp³-hybridized carbons (Fsp3) is 0.500. The highest BCUT2D eigenvalue weighted by molar-refractivity contribution is 7.05. The molecule has 0 radical (unpaired) electrons. The van der Waals surface area contributed by atoms with Gasteiger partial charge in [0, 0.05) is 31.9 Å². The van der Waals surface area contributed by atoms with E-state index in [1.807, 2.05) is 24.0 Å². The van der Waals surface area contributed by atoms with Crippen LogP contribution < -0.4 is 0 Å². The Morgan fingerprint density at radius 2 is 2.17 bits per heavy atom. The standard InChI is InChI=1S/C16H21N5OS/c1-12-15(23-19-18-12)11-20(2)13-6-9-21(10-7-13)16(22)14-5-3-4-8-17-14/h3-5,8,13H,6-7,9-11H2,1-2H3. The molecule has 1 fully saturated rings. The topological polar surface area (TPSA) is 62.2 Å². The normalized spacial score (nSPS) is 16.0. The lowest BCUT2D eigenvalue weighted by molar-refractivity contribution is 0.0634. The Balaban J connectivity index is 1.54. The lowest BCUT2D eigenvalue weighted by Crippen LogP contribution is -2.45. The van der Waals surface area contributed by atoms with Crippen LogP contribution in [0.15, 0.2) is 24.4 Å². The third kappa shape index (κ3) is 3.73. The molecule has 1 aliphatic rings. The van der Waals surface area contributed by atoms with Gasteiger partial charge in [0.2, 0.25) is 0 Å². The number of likely N-dealkylation sites (tertiary alicyclic amines) is 1. The van der Waals surface area contributed by atoms with Gasteiger partial charge in [0.1, 0.15) is 5.69 Å². The quantitative estimate of drug-likeness (QED) is 0.857. The van der Waals surface area contributed by atoms with Crippen LogP contribution in [0.5, 0.6) is 0 Å². The summed E-state index contributed by atoms with van der Waals surface area (Å²) in [6.45, 7) is 4.44. The van der Waals surface area contributed by atoms with Gasteiger partial charge in [-0.3, -0.25) is 14.7 Å². The highest BCUT2D eigenvalue weighted by Gasteiger charge is 2.26. The summed E-state index contributed by atoms with van der Waals surface area (Å²) in [6, 6.07) is 5.95. The fourth-order valence-electron chi connectivity index (χ4n) is 2.91. The highest BCUT2D eigenvalue weighted by atomic mass is 32.1. The first-order valence-electron chi connectivity index (χ1n) is 7.83. The molecule has 122 valence electrons. The molecule has 3 heterocycles. The zero-order chi connectivity index (χ0) is 16.2. The third-order valence-electron chi connectivity index (χ3n) is 4.40. The molecule has 0 saturated carbocycles. The molecule has 0 atom stereocenters. The second-order valence-corrected chi connectivity index (χ2v) is 6.77. The summed E-state index contributed by atoms with van der Waals surface area (Å²) in [5.41, 5.74) is 1.55. The largest absolute Gasteiger partial charge is 0.337 e. The molecular weight excluding hydrogens is 310 g/mol. The number of nitrogens with zero attached hydrogens (tertiary/aromatic N) is 5. The van der Waals surface area contributed by atoms with E-state index in [0.717, 1.165) is 38.2 Å². The van der Waals surface area contributed by atoms with Gasteiger partial charge < -0.3 is 4.90 Å². The van der Waals surface area contributed by atoms with Gasteiger partial charge in [-0.05, 0) is 50.5 Å². The number of carbonyl (C=O) groups excluding carboxylic acids is 1. The van der Waals surface area contributed by atoms with E-state index in [1.54, 1.807) is 12.3 Å². The molecule has 3 rings (SSSR count). The molecule has 2 aromatic heterocycles. The number of hydrogen-bond donors (Lipinski definition) is 0. The molecule has 23 heavy (non-hydrogen) atoms. The van der Waals surface area contributed by atoms with Crippen LogP contribution in [0.3, 0.4) is 0 Å². The monoisotopic (exact) mass is 331 g/mol. The van der Waals surface area contributed by atoms with Crippen LogP contribution in [0.2, 0.25) is 0 Å². The van der Waals surface area contributed by atoms with Crippen LogP contribution in [0, 0.1) is 6.92 Å². The summed E-state index contributed by atoms with van der Waals surface area (Å²) in [7, 11) is 2.14. The van der Waals surface area contributed by atoms with Crippen LogP contribution >= 0.6 is 11.5 Å². The predicted molar refractivity (Wildman–Crippen MR) is 89.3 cm³/mol. The van der Waals surface area contributed by atoms with E-state index in [-0.39, 0.29) is 5.91 Å². The zero-order valence-electron chi connectivity index (χ0n) is 13.5. The second kappa shape index (κ2) is 7.14. The molecule has 0 unspecified atom stereocenters. The van der Waals surface area contributed by atoms with E-state index >= 15 is 0 Å². The lowest BCUT2D eigenvalue weighted by atomic mass is 10.0. The summed E-state index contributed by atoms with van der Waals surface area (Å²) in [5, 5.41) is 4.07. The summed E-state index contributed by atoms with van der Waals surface area (Å²) in [4.78, 5) is 22.0. The van der Waals surface area contributed by atoms with Crippen molar-refractivity contribution in [2.45, 2.75) is 32.4 Å². The van der Waals surface area contributed by atoms with Gasteiger partial charge in [-0.2, -0.15) is 0 Å². The Morgan fingerprint density at radius 3 is 2.78 bits per heavy atom. The Hall–Kier alpha value is -1.86. The number of amides is 1. The number of carbonyl (C=O) groups is 1. The molecule has 6 nitrogen and oxygen atoms in total. The van der Waals surface area contributed by atoms with Gasteiger partial charge in [0.05, 0.1) is 10.6 Å². The minimum absolute atomic E-state index is 0.0363. The van der Waals surface area contributed by atoms with E-state index in [4.69, 9.17) is 0 Å². The van der Waals surface area contributed by atoms with Crippen molar-refractivity contribution in [1.29, 1.82) is 0 Å². The average molecular weight is 331 g/mol. The van der Waals surface area contributed by atoms with Crippen molar-refractivity contribution in [3.63, 3.8) is 0 Å². The zero-order valence-corrected chi connectivity index (χ0v) is 14.3. The second-order valence-electron chi connectivity index (χ2n) is 5.93. The average Bonchev–Trinajstić information content (AvgIpc) is 3.00. The molecule has 7 heteroatoms. The Kier molecular flexibility index (Phi) is 4.97. The lowest BCUT2D eigenvalue weighted by Gasteiger charge is -2.36. The Morgan fingerprint density at radius 1 is 1.39 bits per heavy atom. The van der Waals surface area contributed by atoms with Crippen molar-refractivity contribution in [2.75, 3.05) is 20.1 Å². The number of rotatable bonds is 4. The summed E-state index contributed by atoms with van der Waals surface area (Å²) in [6.07, 6.45) is 3.64. The van der Waals surface area contributed by atoms with Crippen LogP contribution in [0.25, 0.3) is 0 Å². The number of piperidine rings is 1. The smallest absolute Gasteiger partial charge is 0.272 e. The van der Waals surface area contributed by atoms with E-state index in [2.05, 4.69) is 26.5 Å². The van der Waals surface area contributed by atoms with E-state index in [9.17, 15) is 4.79 Å². The minimum atomic E-state index is 0.0363. The van der Waals surface area contributed by atoms with Crippen molar-refractivity contribution in [3.8, 4) is 0 Å². The van der Waals surface area contributed by atoms with Crippen LogP contribution in [-0.4, -0.2) is 56.5 Å². The van der Waals surface area contributed by atoms with Crippen molar-refractivity contribution >= 4 is 17.4 Å². The number of aryl methyl sites for hydroxylation is 1. The maximum absolute atomic E-state index is 12.4. The van der Waals surface area contributed by atoms with Gasteiger partial charge in [-0.1, -0.05) is 10.6 Å². The van der Waals surface area contributed by atoms with Crippen LogP contribution in [0.1, 0.15) is 33.9 Å². The molecule has 0 aliphatic carbocycles. The van der Waals surface area contributed by atoms with Gasteiger partial charge in [-0.15, -0.1) is 5.10 Å². The number of pyridine rings is 1. The Labute approximate surface area is 140 Å². The van der Waals surface area contributed by atoms with E-state index in [1.165, 1.54) is 16.4 Å². The van der Waals surface area contributed by atoms with Gasteiger partial charge in [-0.25, -0.2) is 0 Å².